The van der Waals surface area contributed by atoms with Crippen LogP contribution >= 0.6 is 0 Å². The van der Waals surface area contributed by atoms with Crippen LogP contribution in [-0.2, 0) is 4.74 Å². The van der Waals surface area contributed by atoms with Crippen molar-refractivity contribution in [2.75, 3.05) is 6.61 Å². The van der Waals surface area contributed by atoms with Gasteiger partial charge in [-0.2, -0.15) is 0 Å². The molecule has 1 heterocycles. The molecule has 19 heavy (non-hydrogen) atoms. The van der Waals surface area contributed by atoms with Gasteiger partial charge in [-0.1, -0.05) is 19.1 Å². The molecule has 3 nitrogen and oxygen atoms in total. The van der Waals surface area contributed by atoms with Gasteiger partial charge in [-0.3, -0.25) is 0 Å². The van der Waals surface area contributed by atoms with Crippen LogP contribution in [0.2, 0.25) is 0 Å². The average molecular weight is 261 g/mol. The van der Waals surface area contributed by atoms with Crippen molar-refractivity contribution >= 4 is 0 Å². The van der Waals surface area contributed by atoms with E-state index in [1.807, 2.05) is 12.1 Å². The van der Waals surface area contributed by atoms with E-state index in [1.54, 1.807) is 0 Å². The maximum atomic E-state index is 6.45. The summed E-state index contributed by atoms with van der Waals surface area (Å²) in [6, 6.07) is 8.33. The summed E-state index contributed by atoms with van der Waals surface area (Å²) in [5.74, 6) is 1.39. The van der Waals surface area contributed by atoms with E-state index in [2.05, 4.69) is 19.1 Å². The van der Waals surface area contributed by atoms with Crippen molar-refractivity contribution in [1.82, 2.24) is 0 Å². The Hall–Kier alpha value is -1.06. The second-order valence-corrected chi connectivity index (χ2v) is 5.69. The van der Waals surface area contributed by atoms with Gasteiger partial charge < -0.3 is 15.2 Å². The predicted molar refractivity (Wildman–Crippen MR) is 75.2 cm³/mol. The zero-order valence-electron chi connectivity index (χ0n) is 11.5. The first-order valence-electron chi connectivity index (χ1n) is 7.41. The molecular weight excluding hydrogens is 238 g/mol. The Kier molecular flexibility index (Phi) is 3.76. The van der Waals surface area contributed by atoms with E-state index in [4.69, 9.17) is 15.2 Å². The number of benzene rings is 1. The Balaban J connectivity index is 1.72. The highest BCUT2D eigenvalue weighted by Gasteiger charge is 2.32. The van der Waals surface area contributed by atoms with Gasteiger partial charge in [0.1, 0.15) is 5.75 Å². The normalized spacial score (nSPS) is 28.3. The zero-order chi connectivity index (χ0) is 13.2. The molecule has 1 aromatic carbocycles. The Labute approximate surface area is 115 Å². The van der Waals surface area contributed by atoms with Crippen LogP contribution in [0.15, 0.2) is 24.3 Å². The Bertz CT molecular complexity index is 431. The third-order valence-electron chi connectivity index (χ3n) is 4.19. The number of nitrogens with two attached hydrogens (primary N) is 1. The molecule has 3 unspecified atom stereocenters. The van der Waals surface area contributed by atoms with Crippen LogP contribution in [0.3, 0.4) is 0 Å². The molecule has 104 valence electrons. The molecule has 3 rings (SSSR count). The predicted octanol–water partition coefficient (Wildman–Crippen LogP) is 3.04. The van der Waals surface area contributed by atoms with Gasteiger partial charge in [0.25, 0.3) is 0 Å². The molecule has 2 fully saturated rings. The third kappa shape index (κ3) is 2.93. The minimum Gasteiger partial charge on any atom is -0.490 e. The smallest absolute Gasteiger partial charge is 0.120 e. The summed E-state index contributed by atoms with van der Waals surface area (Å²) in [6.07, 6.45) is 5.21. The minimum atomic E-state index is 0.0511. The Morgan fingerprint density at radius 3 is 2.95 bits per heavy atom. The number of hydrogen-bond donors (Lipinski definition) is 1. The number of ether oxygens (including phenoxy) is 2. The van der Waals surface area contributed by atoms with Crippen LogP contribution in [0.4, 0.5) is 0 Å². The molecular formula is C16H23NO2. The molecule has 2 aliphatic rings. The molecule has 3 atom stereocenters. The van der Waals surface area contributed by atoms with Crippen LogP contribution < -0.4 is 10.5 Å². The highest BCUT2D eigenvalue weighted by atomic mass is 16.5. The van der Waals surface area contributed by atoms with Crippen molar-refractivity contribution in [3.8, 4) is 5.75 Å². The number of rotatable bonds is 5. The molecule has 0 amide bonds. The monoisotopic (exact) mass is 261 g/mol. The Morgan fingerprint density at radius 1 is 1.37 bits per heavy atom. The molecule has 3 heteroatoms. The lowest BCUT2D eigenvalue weighted by molar-refractivity contribution is 0.0813. The van der Waals surface area contributed by atoms with Gasteiger partial charge in [-0.05, 0) is 43.4 Å². The molecule has 1 aromatic rings. The maximum Gasteiger partial charge on any atom is 0.120 e. The van der Waals surface area contributed by atoms with Crippen molar-refractivity contribution in [3.05, 3.63) is 29.8 Å². The van der Waals surface area contributed by atoms with E-state index < -0.39 is 0 Å². The van der Waals surface area contributed by atoms with Crippen LogP contribution in [0.1, 0.15) is 44.2 Å². The fourth-order valence-electron chi connectivity index (χ4n) is 2.92. The lowest BCUT2D eigenvalue weighted by atomic mass is 9.87. The SMILES string of the molecule is CCC1OCCC1C(N)c1cccc(OC2CC2)c1. The first-order valence-corrected chi connectivity index (χ1v) is 7.41. The van der Waals surface area contributed by atoms with Crippen LogP contribution in [-0.4, -0.2) is 18.8 Å². The summed E-state index contributed by atoms with van der Waals surface area (Å²) >= 11 is 0. The lowest BCUT2D eigenvalue weighted by Crippen LogP contribution is -2.28. The molecule has 0 radical (unpaired) electrons. The topological polar surface area (TPSA) is 44.5 Å². The van der Waals surface area contributed by atoms with E-state index in [0.29, 0.717) is 18.1 Å². The van der Waals surface area contributed by atoms with E-state index in [0.717, 1.165) is 25.2 Å². The van der Waals surface area contributed by atoms with Gasteiger partial charge in [0.05, 0.1) is 12.2 Å². The van der Waals surface area contributed by atoms with Gasteiger partial charge in [0.2, 0.25) is 0 Å². The largest absolute Gasteiger partial charge is 0.490 e. The lowest BCUT2D eigenvalue weighted by Gasteiger charge is -2.24. The summed E-state index contributed by atoms with van der Waals surface area (Å²) < 4.78 is 11.6. The number of hydrogen-bond acceptors (Lipinski definition) is 3. The highest BCUT2D eigenvalue weighted by molar-refractivity contribution is 5.31. The van der Waals surface area contributed by atoms with Crippen molar-refractivity contribution in [3.63, 3.8) is 0 Å². The van der Waals surface area contributed by atoms with Gasteiger partial charge in [0, 0.05) is 18.6 Å². The maximum absolute atomic E-state index is 6.45. The molecule has 0 aromatic heterocycles. The molecule has 1 aliphatic carbocycles. The van der Waals surface area contributed by atoms with Crippen LogP contribution in [0.25, 0.3) is 0 Å². The first kappa shape index (κ1) is 12.9. The van der Waals surface area contributed by atoms with Gasteiger partial charge in [-0.25, -0.2) is 0 Å². The van der Waals surface area contributed by atoms with Crippen molar-refractivity contribution in [2.45, 2.75) is 50.9 Å². The van der Waals surface area contributed by atoms with Gasteiger partial charge >= 0.3 is 0 Å². The minimum absolute atomic E-state index is 0.0511. The van der Waals surface area contributed by atoms with E-state index in [1.165, 1.54) is 18.4 Å². The summed E-state index contributed by atoms with van der Waals surface area (Å²) in [5.41, 5.74) is 7.62. The molecule has 0 spiro atoms. The standard InChI is InChI=1S/C16H23NO2/c1-2-15-14(8-9-18-15)16(17)11-4-3-5-13(10-11)19-12-6-7-12/h3-5,10,12,14-16H,2,6-9,17H2,1H3. The van der Waals surface area contributed by atoms with E-state index in [-0.39, 0.29) is 6.04 Å². The highest BCUT2D eigenvalue weighted by Crippen LogP contribution is 2.35. The van der Waals surface area contributed by atoms with Crippen molar-refractivity contribution in [2.24, 2.45) is 11.7 Å². The fourth-order valence-corrected chi connectivity index (χ4v) is 2.92. The molecule has 0 bridgehead atoms. The average Bonchev–Trinajstić information content (AvgIpc) is 3.11. The molecule has 2 N–H and O–H groups in total. The molecule has 1 aliphatic heterocycles. The Morgan fingerprint density at radius 2 is 2.21 bits per heavy atom. The van der Waals surface area contributed by atoms with Crippen molar-refractivity contribution < 1.29 is 9.47 Å². The van der Waals surface area contributed by atoms with Gasteiger partial charge in [-0.15, -0.1) is 0 Å². The van der Waals surface area contributed by atoms with Crippen LogP contribution in [0.5, 0.6) is 5.75 Å². The fraction of sp³-hybridized carbons (Fsp3) is 0.625. The van der Waals surface area contributed by atoms with Crippen molar-refractivity contribution in [1.29, 1.82) is 0 Å². The summed E-state index contributed by atoms with van der Waals surface area (Å²) in [4.78, 5) is 0. The van der Waals surface area contributed by atoms with Crippen LogP contribution in [0, 0.1) is 5.92 Å². The summed E-state index contributed by atoms with van der Waals surface area (Å²) in [5, 5.41) is 0. The van der Waals surface area contributed by atoms with Gasteiger partial charge in [0.15, 0.2) is 0 Å². The van der Waals surface area contributed by atoms with E-state index >= 15 is 0 Å². The first-order chi connectivity index (χ1) is 9.28. The van der Waals surface area contributed by atoms with E-state index in [9.17, 15) is 0 Å². The quantitative estimate of drug-likeness (QED) is 0.886. The summed E-state index contributed by atoms with van der Waals surface area (Å²) in [7, 11) is 0. The third-order valence-corrected chi connectivity index (χ3v) is 4.19. The second-order valence-electron chi connectivity index (χ2n) is 5.69. The summed E-state index contributed by atoms with van der Waals surface area (Å²) in [6.45, 7) is 3.01. The molecule has 1 saturated carbocycles. The zero-order valence-corrected chi connectivity index (χ0v) is 11.5. The molecule has 1 saturated heterocycles. The second kappa shape index (κ2) is 5.51.